The van der Waals surface area contributed by atoms with Gasteiger partial charge in [0.05, 0.1) is 4.90 Å². The fraction of sp³-hybridized carbons (Fsp3) is 0.571. The predicted octanol–water partition coefficient (Wildman–Crippen LogP) is 2.96. The van der Waals surface area contributed by atoms with Crippen molar-refractivity contribution in [2.45, 2.75) is 48.0 Å². The lowest BCUT2D eigenvalue weighted by atomic mass is 9.91. The second kappa shape index (κ2) is 5.04. The monoisotopic (exact) mass is 372 g/mol. The summed E-state index contributed by atoms with van der Waals surface area (Å²) in [7, 11) is -4.03. The number of alkyl halides is 5. The van der Waals surface area contributed by atoms with Crippen molar-refractivity contribution in [2.24, 2.45) is 0 Å². The molecular formula is C14H13F5O4S. The van der Waals surface area contributed by atoms with Gasteiger partial charge in [0, 0.05) is 30.2 Å². The molecule has 2 aliphatic rings. The van der Waals surface area contributed by atoms with Crippen LogP contribution in [0.1, 0.15) is 36.2 Å². The molecule has 2 aliphatic carbocycles. The summed E-state index contributed by atoms with van der Waals surface area (Å²) in [6.07, 6.45) is -7.23. The topological polar surface area (TPSA) is 63.6 Å². The third-order valence-corrected chi connectivity index (χ3v) is 5.34. The molecule has 3 rings (SSSR count). The molecule has 0 aliphatic heterocycles. The van der Waals surface area contributed by atoms with E-state index in [-0.39, 0.29) is 0 Å². The number of sulfone groups is 1. The summed E-state index contributed by atoms with van der Waals surface area (Å²) < 4.78 is 96.1. The first-order valence-electron chi connectivity index (χ1n) is 6.96. The summed E-state index contributed by atoms with van der Waals surface area (Å²) in [5.41, 5.74) is -1.58. The van der Waals surface area contributed by atoms with E-state index >= 15 is 0 Å². The Balaban J connectivity index is 2.08. The molecule has 0 amide bonds. The average molecular weight is 372 g/mol. The summed E-state index contributed by atoms with van der Waals surface area (Å²) in [5, 5.41) is 9.71. The Morgan fingerprint density at radius 2 is 1.75 bits per heavy atom. The lowest BCUT2D eigenvalue weighted by molar-refractivity contribution is -0.145. The molecule has 2 atom stereocenters. The van der Waals surface area contributed by atoms with Crippen LogP contribution in [0.2, 0.25) is 0 Å². The number of fused-ring (bicyclic) bond motifs is 1. The van der Waals surface area contributed by atoms with Crippen LogP contribution in [0, 0.1) is 0 Å². The van der Waals surface area contributed by atoms with Gasteiger partial charge in [-0.1, -0.05) is 0 Å². The SMILES string of the molecule is CS(=O)(=O)c1ccc(OC2CC(F)(F)C2)c2c1[C@H](O)C(F)(F)[C@H]2F. The quantitative estimate of drug-likeness (QED) is 0.829. The van der Waals surface area contributed by atoms with E-state index in [1.54, 1.807) is 0 Å². The molecule has 134 valence electrons. The summed E-state index contributed by atoms with van der Waals surface area (Å²) >= 11 is 0. The second-order valence-electron chi connectivity index (χ2n) is 6.11. The van der Waals surface area contributed by atoms with Gasteiger partial charge >= 0.3 is 5.92 Å². The van der Waals surface area contributed by atoms with Gasteiger partial charge in [-0.05, 0) is 12.1 Å². The Morgan fingerprint density at radius 3 is 2.25 bits per heavy atom. The molecule has 0 spiro atoms. The molecule has 1 N–H and O–H groups in total. The van der Waals surface area contributed by atoms with Crippen LogP contribution in [0.5, 0.6) is 5.75 Å². The highest BCUT2D eigenvalue weighted by molar-refractivity contribution is 7.90. The van der Waals surface area contributed by atoms with Crippen molar-refractivity contribution in [1.82, 2.24) is 0 Å². The van der Waals surface area contributed by atoms with E-state index in [2.05, 4.69) is 0 Å². The average Bonchev–Trinajstić information content (AvgIpc) is 2.58. The van der Waals surface area contributed by atoms with Gasteiger partial charge in [-0.3, -0.25) is 0 Å². The molecule has 0 bridgehead atoms. The van der Waals surface area contributed by atoms with Gasteiger partial charge in [0.15, 0.2) is 16.0 Å². The van der Waals surface area contributed by atoms with Crippen LogP contribution < -0.4 is 4.74 Å². The summed E-state index contributed by atoms with van der Waals surface area (Å²) in [6.45, 7) is 0. The standard InChI is InChI=1S/C14H13F5O4S/c1-24(21,22)8-3-2-7(23-6-4-13(16,17)5-6)9-10(8)12(20)14(18,19)11(9)15/h2-3,6,11-12,20H,4-5H2,1H3/t11-,12-/m0/s1. The van der Waals surface area contributed by atoms with Crippen molar-refractivity contribution in [2.75, 3.05) is 6.26 Å². The second-order valence-corrected chi connectivity index (χ2v) is 8.09. The van der Waals surface area contributed by atoms with E-state index in [0.29, 0.717) is 0 Å². The normalized spacial score (nSPS) is 28.3. The van der Waals surface area contributed by atoms with Gasteiger partial charge in [-0.25, -0.2) is 21.6 Å². The minimum Gasteiger partial charge on any atom is -0.490 e. The first-order chi connectivity index (χ1) is 10.8. The van der Waals surface area contributed by atoms with Crippen molar-refractivity contribution in [3.8, 4) is 5.75 Å². The van der Waals surface area contributed by atoms with E-state index in [4.69, 9.17) is 4.74 Å². The zero-order chi connectivity index (χ0) is 18.1. The van der Waals surface area contributed by atoms with Gasteiger partial charge in [0.25, 0.3) is 5.92 Å². The Morgan fingerprint density at radius 1 is 1.17 bits per heavy atom. The maximum Gasteiger partial charge on any atom is 0.312 e. The van der Waals surface area contributed by atoms with Gasteiger partial charge < -0.3 is 9.84 Å². The molecule has 1 aromatic carbocycles. The van der Waals surface area contributed by atoms with E-state index < -0.39 is 74.7 Å². The fourth-order valence-electron chi connectivity index (χ4n) is 2.96. The third-order valence-electron chi connectivity index (χ3n) is 4.18. The summed E-state index contributed by atoms with van der Waals surface area (Å²) in [6, 6.07) is 1.85. The molecule has 1 saturated carbocycles. The number of halogens is 5. The number of hydrogen-bond acceptors (Lipinski definition) is 4. The smallest absolute Gasteiger partial charge is 0.312 e. The third kappa shape index (κ3) is 2.55. The maximum absolute atomic E-state index is 14.2. The maximum atomic E-state index is 14.2. The molecule has 0 saturated heterocycles. The van der Waals surface area contributed by atoms with Crippen molar-refractivity contribution in [3.05, 3.63) is 23.3 Å². The Kier molecular flexibility index (Phi) is 3.66. The minimum absolute atomic E-state index is 0.457. The number of aliphatic hydroxyl groups excluding tert-OH is 1. The molecule has 4 nitrogen and oxygen atoms in total. The Hall–Kier alpha value is -1.42. The number of aliphatic hydroxyl groups is 1. The number of benzene rings is 1. The first kappa shape index (κ1) is 17.4. The first-order valence-corrected chi connectivity index (χ1v) is 8.85. The van der Waals surface area contributed by atoms with Crippen molar-refractivity contribution in [1.29, 1.82) is 0 Å². The molecule has 0 heterocycles. The van der Waals surface area contributed by atoms with Crippen LogP contribution >= 0.6 is 0 Å². The Labute approximate surface area is 134 Å². The molecular weight excluding hydrogens is 359 g/mol. The highest BCUT2D eigenvalue weighted by atomic mass is 32.2. The molecule has 1 fully saturated rings. The van der Waals surface area contributed by atoms with Gasteiger partial charge in [-0.15, -0.1) is 0 Å². The van der Waals surface area contributed by atoms with E-state index in [9.17, 15) is 35.5 Å². The number of rotatable bonds is 3. The number of hydrogen-bond donors (Lipinski definition) is 1. The molecule has 24 heavy (non-hydrogen) atoms. The summed E-state index contributed by atoms with van der Waals surface area (Å²) in [5.74, 6) is -7.63. The molecule has 0 aromatic heterocycles. The van der Waals surface area contributed by atoms with Crippen molar-refractivity contribution < 1.29 is 40.2 Å². The van der Waals surface area contributed by atoms with E-state index in [1.807, 2.05) is 0 Å². The van der Waals surface area contributed by atoms with E-state index in [1.165, 1.54) is 0 Å². The van der Waals surface area contributed by atoms with E-state index in [0.717, 1.165) is 18.4 Å². The zero-order valence-corrected chi connectivity index (χ0v) is 13.1. The zero-order valence-electron chi connectivity index (χ0n) is 12.3. The van der Waals surface area contributed by atoms with Crippen molar-refractivity contribution in [3.63, 3.8) is 0 Å². The van der Waals surface area contributed by atoms with Gasteiger partial charge in [0.1, 0.15) is 18.0 Å². The van der Waals surface area contributed by atoms with Crippen LogP contribution in [0.25, 0.3) is 0 Å². The van der Waals surface area contributed by atoms with Crippen LogP contribution in [0.15, 0.2) is 17.0 Å². The fourth-order valence-corrected chi connectivity index (χ4v) is 3.90. The lowest BCUT2D eigenvalue weighted by Crippen LogP contribution is -2.43. The van der Waals surface area contributed by atoms with Crippen LogP contribution in [-0.4, -0.2) is 37.7 Å². The molecule has 0 radical (unpaired) electrons. The highest BCUT2D eigenvalue weighted by Gasteiger charge is 2.59. The lowest BCUT2D eigenvalue weighted by Gasteiger charge is -2.35. The van der Waals surface area contributed by atoms with Crippen LogP contribution in [0.4, 0.5) is 22.0 Å². The highest BCUT2D eigenvalue weighted by Crippen LogP contribution is 2.57. The molecule has 1 aromatic rings. The molecule has 10 heteroatoms. The number of ether oxygens (including phenoxy) is 1. The van der Waals surface area contributed by atoms with Gasteiger partial charge in [-0.2, -0.15) is 8.78 Å². The van der Waals surface area contributed by atoms with Gasteiger partial charge in [0.2, 0.25) is 0 Å². The largest absolute Gasteiger partial charge is 0.490 e. The van der Waals surface area contributed by atoms with Crippen LogP contribution in [-0.2, 0) is 9.84 Å². The minimum atomic E-state index is -4.25. The summed E-state index contributed by atoms with van der Waals surface area (Å²) in [4.78, 5) is -0.642. The Bertz CT molecular complexity index is 785. The van der Waals surface area contributed by atoms with Crippen molar-refractivity contribution >= 4 is 9.84 Å². The molecule has 0 unspecified atom stereocenters. The van der Waals surface area contributed by atoms with Crippen LogP contribution in [0.3, 0.4) is 0 Å². The predicted molar refractivity (Wildman–Crippen MR) is 71.9 cm³/mol.